The Morgan fingerprint density at radius 3 is 3.05 bits per heavy atom. The first-order valence-electron chi connectivity index (χ1n) is 7.14. The van der Waals surface area contributed by atoms with Gasteiger partial charge in [0.25, 0.3) is 0 Å². The molecule has 3 rings (SSSR count). The van der Waals surface area contributed by atoms with E-state index in [-0.39, 0.29) is 11.6 Å². The molecule has 0 aliphatic carbocycles. The molecule has 108 valence electrons. The van der Waals surface area contributed by atoms with Crippen LogP contribution in [0.3, 0.4) is 0 Å². The maximum atomic E-state index is 5.66. The van der Waals surface area contributed by atoms with Crippen molar-refractivity contribution < 1.29 is 4.74 Å². The third-order valence-electron chi connectivity index (χ3n) is 4.50. The first-order chi connectivity index (χ1) is 9.49. The van der Waals surface area contributed by atoms with E-state index in [0.717, 1.165) is 36.3 Å². The van der Waals surface area contributed by atoms with Gasteiger partial charge in [-0.1, -0.05) is 0 Å². The summed E-state index contributed by atoms with van der Waals surface area (Å²) in [5.74, 6) is 0. The molecule has 0 spiro atoms. The molecule has 5 nitrogen and oxygen atoms in total. The van der Waals surface area contributed by atoms with Crippen molar-refractivity contribution in [2.75, 3.05) is 6.61 Å². The van der Waals surface area contributed by atoms with E-state index < -0.39 is 0 Å². The minimum atomic E-state index is 0.0545. The third-order valence-corrected chi connectivity index (χ3v) is 4.50. The van der Waals surface area contributed by atoms with Gasteiger partial charge in [-0.3, -0.25) is 4.68 Å². The molecule has 1 fully saturated rings. The first-order valence-corrected chi connectivity index (χ1v) is 7.14. The molecule has 0 saturated carbocycles. The summed E-state index contributed by atoms with van der Waals surface area (Å²) in [6.45, 7) is 8.03. The Bertz CT molecular complexity index is 636. The Morgan fingerprint density at radius 1 is 1.55 bits per heavy atom. The summed E-state index contributed by atoms with van der Waals surface area (Å²) in [6.07, 6.45) is 3.23. The number of aryl methyl sites for hydroxylation is 2. The SMILES string of the molecule is Cc1nn(C)c2ncc(CNC3(C)CCOC3C)cc12. The minimum absolute atomic E-state index is 0.0545. The number of aromatic nitrogens is 3. The van der Waals surface area contributed by atoms with Crippen molar-refractivity contribution in [2.24, 2.45) is 7.05 Å². The van der Waals surface area contributed by atoms with Crippen LogP contribution in [0.4, 0.5) is 0 Å². The van der Waals surface area contributed by atoms with E-state index in [1.165, 1.54) is 5.56 Å². The lowest BCUT2D eigenvalue weighted by molar-refractivity contribution is 0.0881. The van der Waals surface area contributed by atoms with E-state index in [0.29, 0.717) is 0 Å². The van der Waals surface area contributed by atoms with Gasteiger partial charge in [-0.25, -0.2) is 4.98 Å². The van der Waals surface area contributed by atoms with Crippen LogP contribution in [-0.4, -0.2) is 33.0 Å². The van der Waals surface area contributed by atoms with Gasteiger partial charge >= 0.3 is 0 Å². The molecule has 3 heterocycles. The summed E-state index contributed by atoms with van der Waals surface area (Å²) >= 11 is 0. The zero-order chi connectivity index (χ0) is 14.3. The molecular formula is C15H22N4O. The smallest absolute Gasteiger partial charge is 0.157 e. The lowest BCUT2D eigenvalue weighted by atomic mass is 9.94. The summed E-state index contributed by atoms with van der Waals surface area (Å²) < 4.78 is 7.49. The molecule has 1 N–H and O–H groups in total. The molecule has 2 aromatic rings. The summed E-state index contributed by atoms with van der Waals surface area (Å²) in [4.78, 5) is 4.52. The average Bonchev–Trinajstić information content (AvgIpc) is 2.90. The van der Waals surface area contributed by atoms with E-state index in [1.807, 2.05) is 24.9 Å². The number of fused-ring (bicyclic) bond motifs is 1. The van der Waals surface area contributed by atoms with E-state index in [2.05, 4.69) is 35.3 Å². The minimum Gasteiger partial charge on any atom is -0.377 e. The van der Waals surface area contributed by atoms with Crippen molar-refractivity contribution in [3.8, 4) is 0 Å². The predicted molar refractivity (Wildman–Crippen MR) is 78.5 cm³/mol. The fraction of sp³-hybridized carbons (Fsp3) is 0.600. The Balaban J connectivity index is 1.80. The molecule has 2 unspecified atom stereocenters. The van der Waals surface area contributed by atoms with Crippen molar-refractivity contribution >= 4 is 11.0 Å². The standard InChI is InChI=1S/C15H22N4O/c1-10-13-7-12(8-16-14(13)19(4)18-10)9-17-15(3)5-6-20-11(15)2/h7-8,11,17H,5-6,9H2,1-4H3. The Morgan fingerprint density at radius 2 is 2.35 bits per heavy atom. The van der Waals surface area contributed by atoms with Gasteiger partial charge in [0.2, 0.25) is 0 Å². The molecular weight excluding hydrogens is 252 g/mol. The van der Waals surface area contributed by atoms with Crippen molar-refractivity contribution in [2.45, 2.75) is 45.4 Å². The molecule has 20 heavy (non-hydrogen) atoms. The van der Waals surface area contributed by atoms with Gasteiger partial charge in [-0.15, -0.1) is 0 Å². The largest absolute Gasteiger partial charge is 0.377 e. The first kappa shape index (κ1) is 13.5. The number of hydrogen-bond acceptors (Lipinski definition) is 4. The number of nitrogens with one attached hydrogen (secondary N) is 1. The molecule has 2 atom stereocenters. The quantitative estimate of drug-likeness (QED) is 0.929. The Kier molecular flexibility index (Phi) is 3.26. The second kappa shape index (κ2) is 4.82. The molecule has 5 heteroatoms. The van der Waals surface area contributed by atoms with E-state index in [9.17, 15) is 0 Å². The molecule has 2 aromatic heterocycles. The monoisotopic (exact) mass is 274 g/mol. The lowest BCUT2D eigenvalue weighted by Gasteiger charge is -2.29. The van der Waals surface area contributed by atoms with Gasteiger partial charge in [0, 0.05) is 37.3 Å². The fourth-order valence-corrected chi connectivity index (χ4v) is 2.82. The molecule has 1 aliphatic heterocycles. The number of rotatable bonds is 3. The maximum Gasteiger partial charge on any atom is 0.157 e. The van der Waals surface area contributed by atoms with Crippen LogP contribution in [-0.2, 0) is 18.3 Å². The molecule has 0 aromatic carbocycles. The summed E-state index contributed by atoms with van der Waals surface area (Å²) in [5, 5.41) is 9.16. The van der Waals surface area contributed by atoms with Crippen LogP contribution >= 0.6 is 0 Å². The lowest BCUT2D eigenvalue weighted by Crippen LogP contribution is -2.47. The van der Waals surface area contributed by atoms with Gasteiger partial charge in [0.15, 0.2) is 5.65 Å². The number of hydrogen-bond donors (Lipinski definition) is 1. The van der Waals surface area contributed by atoms with E-state index in [1.54, 1.807) is 0 Å². The third kappa shape index (κ3) is 2.21. The summed E-state index contributed by atoms with van der Waals surface area (Å²) in [7, 11) is 1.93. The van der Waals surface area contributed by atoms with Gasteiger partial charge in [0.05, 0.1) is 11.8 Å². The summed E-state index contributed by atoms with van der Waals surface area (Å²) in [5.41, 5.74) is 3.21. The molecule has 1 saturated heterocycles. The predicted octanol–water partition coefficient (Wildman–Crippen LogP) is 1.93. The Labute approximate surface area is 119 Å². The van der Waals surface area contributed by atoms with Crippen LogP contribution in [0, 0.1) is 6.92 Å². The fourth-order valence-electron chi connectivity index (χ4n) is 2.82. The van der Waals surface area contributed by atoms with Gasteiger partial charge in [0.1, 0.15) is 0 Å². The molecule has 0 amide bonds. The topological polar surface area (TPSA) is 52.0 Å². The van der Waals surface area contributed by atoms with Crippen LogP contribution in [0.2, 0.25) is 0 Å². The van der Waals surface area contributed by atoms with Gasteiger partial charge in [-0.2, -0.15) is 5.10 Å². The number of pyridine rings is 1. The van der Waals surface area contributed by atoms with Crippen molar-refractivity contribution in [3.63, 3.8) is 0 Å². The van der Waals surface area contributed by atoms with Gasteiger partial charge in [-0.05, 0) is 38.8 Å². The maximum absolute atomic E-state index is 5.66. The highest BCUT2D eigenvalue weighted by molar-refractivity contribution is 5.78. The molecule has 0 bridgehead atoms. The number of ether oxygens (including phenoxy) is 1. The second-order valence-electron chi connectivity index (χ2n) is 5.96. The second-order valence-corrected chi connectivity index (χ2v) is 5.96. The average molecular weight is 274 g/mol. The summed E-state index contributed by atoms with van der Waals surface area (Å²) in [6, 6.07) is 2.18. The Hall–Kier alpha value is -1.46. The number of nitrogens with zero attached hydrogens (tertiary/aromatic N) is 3. The zero-order valence-corrected chi connectivity index (χ0v) is 12.6. The highest BCUT2D eigenvalue weighted by Gasteiger charge is 2.36. The van der Waals surface area contributed by atoms with E-state index >= 15 is 0 Å². The highest BCUT2D eigenvalue weighted by Crippen LogP contribution is 2.25. The zero-order valence-electron chi connectivity index (χ0n) is 12.6. The molecule has 0 radical (unpaired) electrons. The van der Waals surface area contributed by atoms with Crippen LogP contribution in [0.1, 0.15) is 31.5 Å². The van der Waals surface area contributed by atoms with Gasteiger partial charge < -0.3 is 10.1 Å². The van der Waals surface area contributed by atoms with Crippen LogP contribution < -0.4 is 5.32 Å². The van der Waals surface area contributed by atoms with Crippen molar-refractivity contribution in [1.82, 2.24) is 20.1 Å². The van der Waals surface area contributed by atoms with Crippen LogP contribution in [0.15, 0.2) is 12.3 Å². The van der Waals surface area contributed by atoms with Crippen molar-refractivity contribution in [1.29, 1.82) is 0 Å². The van der Waals surface area contributed by atoms with Crippen molar-refractivity contribution in [3.05, 3.63) is 23.5 Å². The van der Waals surface area contributed by atoms with E-state index in [4.69, 9.17) is 4.74 Å². The van der Waals surface area contributed by atoms with Crippen LogP contribution in [0.25, 0.3) is 11.0 Å². The molecule has 1 aliphatic rings. The van der Waals surface area contributed by atoms with Crippen LogP contribution in [0.5, 0.6) is 0 Å². The highest BCUT2D eigenvalue weighted by atomic mass is 16.5. The normalized spacial score (nSPS) is 26.5.